The molecule has 1 N–H and O–H groups in total. The van der Waals surface area contributed by atoms with E-state index in [0.717, 1.165) is 21.7 Å². The van der Waals surface area contributed by atoms with Crippen LogP contribution in [-0.2, 0) is 0 Å². The first-order chi connectivity index (χ1) is 8.92. The van der Waals surface area contributed by atoms with Crippen LogP contribution in [-0.4, -0.2) is 15.1 Å². The smallest absolute Gasteiger partial charge is 0.236 e. The molecule has 0 aliphatic rings. The van der Waals surface area contributed by atoms with Crippen molar-refractivity contribution < 1.29 is 4.52 Å². The summed E-state index contributed by atoms with van der Waals surface area (Å²) in [6.45, 7) is 0. The Kier molecular flexibility index (Phi) is 1.95. The fourth-order valence-electron chi connectivity index (χ4n) is 2.02. The minimum atomic E-state index is 0.900. The Morgan fingerprint density at radius 1 is 1.17 bits per heavy atom. The van der Waals surface area contributed by atoms with Gasteiger partial charge in [0.15, 0.2) is 0 Å². The van der Waals surface area contributed by atoms with Gasteiger partial charge in [-0.3, -0.25) is 0 Å². The summed E-state index contributed by atoms with van der Waals surface area (Å²) in [6.07, 6.45) is 5.68. The number of hydrogen-bond acceptors (Lipinski definition) is 3. The maximum atomic E-state index is 4.65. The minimum absolute atomic E-state index is 0.900. The fraction of sp³-hybridized carbons (Fsp3) is 0. The number of H-pyrrole nitrogens is 1. The average Bonchev–Trinajstić information content (AvgIpc) is 3.02. The van der Waals surface area contributed by atoms with Crippen LogP contribution in [0, 0.1) is 0 Å². The molecule has 0 bridgehead atoms. The van der Waals surface area contributed by atoms with E-state index in [4.69, 9.17) is 0 Å². The van der Waals surface area contributed by atoms with Gasteiger partial charge in [0.05, 0.1) is 16.4 Å². The van der Waals surface area contributed by atoms with Gasteiger partial charge in [-0.1, -0.05) is 12.1 Å². The maximum absolute atomic E-state index is 4.65. The van der Waals surface area contributed by atoms with E-state index in [0.29, 0.717) is 0 Å². The number of para-hydroxylation sites is 1. The normalized spacial score (nSPS) is 11.3. The zero-order valence-electron chi connectivity index (χ0n) is 9.37. The van der Waals surface area contributed by atoms with Crippen molar-refractivity contribution in [3.05, 3.63) is 48.9 Å². The highest BCUT2D eigenvalue weighted by atomic mass is 32.1. The number of nitrogens with one attached hydrogen (secondary N) is 1. The van der Waals surface area contributed by atoms with Crippen LogP contribution < -0.4 is 4.52 Å². The molecule has 0 aliphatic carbocycles. The number of aromatic nitrogens is 4. The topological polar surface area (TPSA) is 45.7 Å². The Morgan fingerprint density at radius 3 is 3.06 bits per heavy atom. The predicted molar refractivity (Wildman–Crippen MR) is 70.4 cm³/mol. The van der Waals surface area contributed by atoms with Crippen LogP contribution in [0.4, 0.5) is 0 Å². The zero-order valence-corrected chi connectivity index (χ0v) is 10.2. The summed E-state index contributed by atoms with van der Waals surface area (Å²) in [4.78, 5) is 9.04. The van der Waals surface area contributed by atoms with Crippen molar-refractivity contribution in [3.63, 3.8) is 0 Å². The van der Waals surface area contributed by atoms with Gasteiger partial charge >= 0.3 is 5.65 Å². The molecule has 1 aromatic carbocycles. The Labute approximate surface area is 107 Å². The van der Waals surface area contributed by atoms with Gasteiger partial charge in [0, 0.05) is 6.07 Å². The van der Waals surface area contributed by atoms with E-state index in [9.17, 15) is 0 Å². The molecule has 0 amide bonds. The molecule has 18 heavy (non-hydrogen) atoms. The highest BCUT2D eigenvalue weighted by Gasteiger charge is 2.17. The predicted octanol–water partition coefficient (Wildman–Crippen LogP) is 2.43. The molecule has 0 saturated carbocycles. The fourth-order valence-corrected chi connectivity index (χ4v) is 3.00. The van der Waals surface area contributed by atoms with E-state index in [1.807, 2.05) is 41.2 Å². The molecule has 0 atom stereocenters. The molecule has 4 nitrogen and oxygen atoms in total. The lowest BCUT2D eigenvalue weighted by atomic mass is 10.3. The number of hydrogen-bond donors (Lipinski definition) is 1. The number of rotatable bonds is 1. The van der Waals surface area contributed by atoms with Crippen molar-refractivity contribution in [1.82, 2.24) is 15.1 Å². The van der Waals surface area contributed by atoms with E-state index >= 15 is 0 Å². The van der Waals surface area contributed by atoms with Crippen LogP contribution in [0.1, 0.15) is 0 Å². The molecular formula is C13H9N4S+. The van der Waals surface area contributed by atoms with Crippen molar-refractivity contribution in [2.45, 2.75) is 0 Å². The highest BCUT2D eigenvalue weighted by Crippen LogP contribution is 2.30. The molecule has 0 radical (unpaired) electrons. The molecule has 3 heterocycles. The molecule has 86 valence electrons. The van der Waals surface area contributed by atoms with E-state index in [2.05, 4.69) is 21.1 Å². The van der Waals surface area contributed by atoms with Gasteiger partial charge in [-0.15, -0.1) is 15.9 Å². The van der Waals surface area contributed by atoms with E-state index in [1.54, 1.807) is 17.5 Å². The molecule has 3 aromatic heterocycles. The van der Waals surface area contributed by atoms with Crippen molar-refractivity contribution >= 4 is 27.2 Å². The summed E-state index contributed by atoms with van der Waals surface area (Å²) in [5.41, 5.74) is 2.97. The van der Waals surface area contributed by atoms with Gasteiger partial charge in [0.1, 0.15) is 23.0 Å². The summed E-state index contributed by atoms with van der Waals surface area (Å²) in [5.74, 6) is 0. The van der Waals surface area contributed by atoms with Gasteiger partial charge in [-0.05, 0) is 17.1 Å². The number of thiazole rings is 1. The molecule has 4 rings (SSSR count). The van der Waals surface area contributed by atoms with Crippen LogP contribution in [0.15, 0.2) is 48.9 Å². The third-order valence-electron chi connectivity index (χ3n) is 2.86. The first kappa shape index (κ1) is 9.73. The van der Waals surface area contributed by atoms with Gasteiger partial charge in [-0.25, -0.2) is 10.1 Å². The van der Waals surface area contributed by atoms with Crippen LogP contribution >= 0.6 is 11.3 Å². The molecule has 0 fully saturated rings. The SMILES string of the molecule is c1ccc2sc(-c3c[nH][n+]4cccnc34)nc2c1. The average molecular weight is 253 g/mol. The zero-order chi connectivity index (χ0) is 11.9. The monoisotopic (exact) mass is 253 g/mol. The Bertz CT molecular complexity index is 813. The molecular weight excluding hydrogens is 244 g/mol. The van der Waals surface area contributed by atoms with Gasteiger partial charge in [0.25, 0.3) is 0 Å². The standard InChI is InChI=1S/C13H8N4S/c1-2-5-11-10(4-1)16-13(18-11)9-8-15-17-7-3-6-14-12(9)17/h1-8H/p+1. The van der Waals surface area contributed by atoms with Gasteiger partial charge in [0.2, 0.25) is 0 Å². The van der Waals surface area contributed by atoms with E-state index < -0.39 is 0 Å². The first-order valence-corrected chi connectivity index (χ1v) is 6.43. The number of aromatic amines is 1. The van der Waals surface area contributed by atoms with Crippen LogP contribution in [0.25, 0.3) is 26.4 Å². The second kappa shape index (κ2) is 3.61. The lowest BCUT2D eigenvalue weighted by Gasteiger charge is -1.84. The second-order valence-corrected chi connectivity index (χ2v) is 5.02. The molecule has 0 unspecified atom stereocenters. The third-order valence-corrected chi connectivity index (χ3v) is 3.93. The number of nitrogens with zero attached hydrogens (tertiary/aromatic N) is 3. The summed E-state index contributed by atoms with van der Waals surface area (Å²) >= 11 is 1.69. The summed E-state index contributed by atoms with van der Waals surface area (Å²) in [6, 6.07) is 10.1. The number of benzene rings is 1. The van der Waals surface area contributed by atoms with Crippen molar-refractivity contribution in [2.75, 3.05) is 0 Å². The summed E-state index contributed by atoms with van der Waals surface area (Å²) in [5, 5.41) is 4.15. The molecule has 0 aliphatic heterocycles. The lowest BCUT2D eigenvalue weighted by molar-refractivity contribution is -0.578. The summed E-state index contributed by atoms with van der Waals surface area (Å²) < 4.78 is 3.09. The van der Waals surface area contributed by atoms with E-state index in [-0.39, 0.29) is 0 Å². The molecule has 0 saturated heterocycles. The Hall–Kier alpha value is -2.27. The Balaban J connectivity index is 2.01. The van der Waals surface area contributed by atoms with Crippen LogP contribution in [0.3, 0.4) is 0 Å². The lowest BCUT2D eigenvalue weighted by Crippen LogP contribution is -2.22. The van der Waals surface area contributed by atoms with Gasteiger partial charge in [-0.2, -0.15) is 0 Å². The van der Waals surface area contributed by atoms with Crippen molar-refractivity contribution in [3.8, 4) is 10.6 Å². The molecule has 5 heteroatoms. The Morgan fingerprint density at radius 2 is 2.11 bits per heavy atom. The van der Waals surface area contributed by atoms with E-state index in [1.165, 1.54) is 4.70 Å². The second-order valence-electron chi connectivity index (χ2n) is 3.99. The van der Waals surface area contributed by atoms with Gasteiger partial charge < -0.3 is 0 Å². The van der Waals surface area contributed by atoms with Crippen molar-refractivity contribution in [2.24, 2.45) is 0 Å². The third kappa shape index (κ3) is 1.34. The highest BCUT2D eigenvalue weighted by molar-refractivity contribution is 7.21. The van der Waals surface area contributed by atoms with Crippen LogP contribution in [0.2, 0.25) is 0 Å². The maximum Gasteiger partial charge on any atom is 0.358 e. The van der Waals surface area contributed by atoms with Crippen LogP contribution in [0.5, 0.6) is 0 Å². The molecule has 4 aromatic rings. The summed E-state index contributed by atoms with van der Waals surface area (Å²) in [7, 11) is 0. The first-order valence-electron chi connectivity index (χ1n) is 5.61. The number of fused-ring (bicyclic) bond motifs is 2. The quantitative estimate of drug-likeness (QED) is 0.529. The largest absolute Gasteiger partial charge is 0.358 e. The molecule has 0 spiro atoms. The minimum Gasteiger partial charge on any atom is -0.236 e. The van der Waals surface area contributed by atoms with Crippen molar-refractivity contribution in [1.29, 1.82) is 0 Å².